The molecule has 0 spiro atoms. The van der Waals surface area contributed by atoms with Crippen molar-refractivity contribution in [1.82, 2.24) is 0 Å². The standard InChI is InChI=1S/C21H22O2/c1-3-9-16-14(7-1)18-13-19(18)15-8-2-4-10-17(15)21(16)23-20-11-5-6-12-22-20/h1-4,7-10,18-21H,5-6,11-13H2/t18-,19+,20-,21?/m1/s1. The van der Waals surface area contributed by atoms with Gasteiger partial charge in [0, 0.05) is 6.61 Å². The van der Waals surface area contributed by atoms with Crippen LogP contribution < -0.4 is 0 Å². The van der Waals surface area contributed by atoms with Crippen LogP contribution in [0, 0.1) is 0 Å². The van der Waals surface area contributed by atoms with Gasteiger partial charge in [-0.25, -0.2) is 0 Å². The van der Waals surface area contributed by atoms with Crippen molar-refractivity contribution in [2.75, 3.05) is 6.61 Å². The molecule has 1 unspecified atom stereocenters. The molecule has 2 aromatic rings. The Morgan fingerprint density at radius 3 is 1.96 bits per heavy atom. The lowest BCUT2D eigenvalue weighted by Gasteiger charge is -2.29. The van der Waals surface area contributed by atoms with Crippen LogP contribution in [0.25, 0.3) is 0 Å². The minimum Gasteiger partial charge on any atom is -0.353 e. The fraction of sp³-hybridized carbons (Fsp3) is 0.429. The molecular formula is C21H22O2. The Morgan fingerprint density at radius 2 is 1.39 bits per heavy atom. The van der Waals surface area contributed by atoms with Crippen LogP contribution in [-0.4, -0.2) is 12.9 Å². The molecule has 1 heterocycles. The van der Waals surface area contributed by atoms with Gasteiger partial charge in [0.1, 0.15) is 6.10 Å². The molecule has 5 rings (SSSR count). The molecule has 2 heteroatoms. The number of hydrogen-bond acceptors (Lipinski definition) is 2. The first-order valence-electron chi connectivity index (χ1n) is 8.86. The summed E-state index contributed by atoms with van der Waals surface area (Å²) in [5, 5.41) is 0. The maximum absolute atomic E-state index is 6.51. The molecule has 2 fully saturated rings. The predicted molar refractivity (Wildman–Crippen MR) is 89.5 cm³/mol. The van der Waals surface area contributed by atoms with Crippen molar-refractivity contribution in [1.29, 1.82) is 0 Å². The third-order valence-corrected chi connectivity index (χ3v) is 5.57. The maximum Gasteiger partial charge on any atom is 0.158 e. The monoisotopic (exact) mass is 306 g/mol. The molecule has 2 aromatic carbocycles. The molecule has 0 N–H and O–H groups in total. The average molecular weight is 306 g/mol. The molecule has 1 saturated heterocycles. The summed E-state index contributed by atoms with van der Waals surface area (Å²) in [5.41, 5.74) is 5.65. The van der Waals surface area contributed by atoms with Crippen LogP contribution in [0.3, 0.4) is 0 Å². The van der Waals surface area contributed by atoms with Gasteiger partial charge in [-0.1, -0.05) is 48.5 Å². The molecule has 4 atom stereocenters. The van der Waals surface area contributed by atoms with Crippen LogP contribution >= 0.6 is 0 Å². The van der Waals surface area contributed by atoms with Crippen molar-refractivity contribution in [3.63, 3.8) is 0 Å². The Bertz CT molecular complexity index is 666. The molecule has 1 saturated carbocycles. The SMILES string of the molecule is c1ccc2c(c1)C(O[C@@H]1CCCCO1)c1ccccc1[C@@H]1C[C@H]21. The lowest BCUT2D eigenvalue weighted by molar-refractivity contribution is -0.181. The molecular weight excluding hydrogens is 284 g/mol. The van der Waals surface area contributed by atoms with Crippen molar-refractivity contribution in [2.24, 2.45) is 0 Å². The van der Waals surface area contributed by atoms with Crippen LogP contribution in [0.15, 0.2) is 48.5 Å². The van der Waals surface area contributed by atoms with Crippen LogP contribution in [-0.2, 0) is 9.47 Å². The molecule has 0 radical (unpaired) electrons. The van der Waals surface area contributed by atoms with Gasteiger partial charge in [0.2, 0.25) is 0 Å². The quantitative estimate of drug-likeness (QED) is 0.785. The fourth-order valence-corrected chi connectivity index (χ4v) is 4.34. The normalized spacial score (nSPS) is 31.5. The van der Waals surface area contributed by atoms with Gasteiger partial charge in [0.25, 0.3) is 0 Å². The molecule has 0 amide bonds. The first-order valence-corrected chi connectivity index (χ1v) is 8.86. The van der Waals surface area contributed by atoms with Crippen molar-refractivity contribution >= 4 is 0 Å². The van der Waals surface area contributed by atoms with Gasteiger partial charge >= 0.3 is 0 Å². The summed E-state index contributed by atoms with van der Waals surface area (Å²) in [4.78, 5) is 0. The number of hydrogen-bond donors (Lipinski definition) is 0. The van der Waals surface area contributed by atoms with Gasteiger partial charge in [0.05, 0.1) is 0 Å². The lowest BCUT2D eigenvalue weighted by atomic mass is 9.94. The molecule has 1 aliphatic heterocycles. The largest absolute Gasteiger partial charge is 0.353 e. The van der Waals surface area contributed by atoms with Gasteiger partial charge in [-0.2, -0.15) is 0 Å². The van der Waals surface area contributed by atoms with E-state index in [2.05, 4.69) is 48.5 Å². The summed E-state index contributed by atoms with van der Waals surface area (Å²) in [6.07, 6.45) is 4.59. The van der Waals surface area contributed by atoms with Gasteiger partial charge in [0.15, 0.2) is 6.29 Å². The topological polar surface area (TPSA) is 18.5 Å². The molecule has 3 aliphatic rings. The molecule has 2 aliphatic carbocycles. The first-order chi connectivity index (χ1) is 11.4. The Morgan fingerprint density at radius 1 is 0.783 bits per heavy atom. The second-order valence-electron chi connectivity index (χ2n) is 7.02. The summed E-state index contributed by atoms with van der Waals surface area (Å²) < 4.78 is 12.4. The van der Waals surface area contributed by atoms with Crippen LogP contribution in [0.1, 0.15) is 65.9 Å². The van der Waals surface area contributed by atoms with E-state index in [-0.39, 0.29) is 12.4 Å². The predicted octanol–water partition coefficient (Wildman–Crippen LogP) is 4.90. The number of fused-ring (bicyclic) bond motifs is 5. The zero-order chi connectivity index (χ0) is 15.2. The Labute approximate surface area is 137 Å². The third-order valence-electron chi connectivity index (χ3n) is 5.57. The summed E-state index contributed by atoms with van der Waals surface area (Å²) in [6.45, 7) is 0.825. The van der Waals surface area contributed by atoms with Crippen molar-refractivity contribution < 1.29 is 9.47 Å². The van der Waals surface area contributed by atoms with E-state index in [9.17, 15) is 0 Å². The van der Waals surface area contributed by atoms with Gasteiger partial charge in [-0.15, -0.1) is 0 Å². The van der Waals surface area contributed by atoms with E-state index in [4.69, 9.17) is 9.47 Å². The zero-order valence-corrected chi connectivity index (χ0v) is 13.3. The van der Waals surface area contributed by atoms with Gasteiger partial charge in [-0.05, 0) is 59.8 Å². The van der Waals surface area contributed by atoms with Crippen LogP contribution in [0.2, 0.25) is 0 Å². The first kappa shape index (κ1) is 13.8. The summed E-state index contributed by atoms with van der Waals surface area (Å²) in [6, 6.07) is 17.7. The van der Waals surface area contributed by atoms with Crippen LogP contribution in [0.5, 0.6) is 0 Å². The Kier molecular flexibility index (Phi) is 3.27. The van der Waals surface area contributed by atoms with E-state index in [1.54, 1.807) is 0 Å². The van der Waals surface area contributed by atoms with E-state index < -0.39 is 0 Å². The highest BCUT2D eigenvalue weighted by Gasteiger charge is 2.46. The van der Waals surface area contributed by atoms with E-state index in [0.717, 1.165) is 19.4 Å². The number of benzene rings is 2. The third kappa shape index (κ3) is 2.32. The minimum absolute atomic E-state index is 0.0123. The lowest BCUT2D eigenvalue weighted by Crippen LogP contribution is -2.25. The van der Waals surface area contributed by atoms with E-state index in [1.165, 1.54) is 35.1 Å². The highest BCUT2D eigenvalue weighted by atomic mass is 16.7. The van der Waals surface area contributed by atoms with E-state index in [1.807, 2.05) is 0 Å². The van der Waals surface area contributed by atoms with E-state index in [0.29, 0.717) is 11.8 Å². The Balaban J connectivity index is 1.59. The molecule has 2 nitrogen and oxygen atoms in total. The summed E-state index contributed by atoms with van der Waals surface area (Å²) in [5.74, 6) is 1.35. The molecule has 118 valence electrons. The maximum atomic E-state index is 6.51. The number of rotatable bonds is 2. The van der Waals surface area contributed by atoms with Crippen LogP contribution in [0.4, 0.5) is 0 Å². The average Bonchev–Trinajstić information content (AvgIpc) is 3.41. The van der Waals surface area contributed by atoms with Gasteiger partial charge in [-0.3, -0.25) is 0 Å². The number of ether oxygens (including phenoxy) is 2. The highest BCUT2D eigenvalue weighted by Crippen LogP contribution is 2.60. The van der Waals surface area contributed by atoms with E-state index >= 15 is 0 Å². The zero-order valence-electron chi connectivity index (χ0n) is 13.3. The second-order valence-corrected chi connectivity index (χ2v) is 7.02. The molecule has 0 bridgehead atoms. The minimum atomic E-state index is -0.0655. The Hall–Kier alpha value is -1.64. The van der Waals surface area contributed by atoms with Crippen molar-refractivity contribution in [2.45, 2.75) is 49.9 Å². The highest BCUT2D eigenvalue weighted by molar-refractivity contribution is 5.51. The summed E-state index contributed by atoms with van der Waals surface area (Å²) >= 11 is 0. The summed E-state index contributed by atoms with van der Waals surface area (Å²) in [7, 11) is 0. The second kappa shape index (κ2) is 5.47. The smallest absolute Gasteiger partial charge is 0.158 e. The van der Waals surface area contributed by atoms with Gasteiger partial charge < -0.3 is 9.47 Å². The molecule has 23 heavy (non-hydrogen) atoms. The fourth-order valence-electron chi connectivity index (χ4n) is 4.34. The van der Waals surface area contributed by atoms with Crippen molar-refractivity contribution in [3.8, 4) is 0 Å². The molecule has 0 aromatic heterocycles. The van der Waals surface area contributed by atoms with Crippen molar-refractivity contribution in [3.05, 3.63) is 70.8 Å².